The first kappa shape index (κ1) is 23.2. The quantitative estimate of drug-likeness (QED) is 0.404. The van der Waals surface area contributed by atoms with Crippen molar-refractivity contribution in [2.24, 2.45) is 0 Å². The molecule has 5 rings (SSSR count). The molecule has 1 aliphatic rings. The van der Waals surface area contributed by atoms with Crippen LogP contribution in [0.15, 0.2) is 76.4 Å². The SMILES string of the molecule is COc1ccccc1NC(=O)C1=C(C)Nc2nc(-c3ccc(N(C)C)cc3)nn2C1c1ccc(C)o1. The first-order chi connectivity index (χ1) is 17.4. The lowest BCUT2D eigenvalue weighted by molar-refractivity contribution is -0.113. The Kier molecular flexibility index (Phi) is 5.97. The summed E-state index contributed by atoms with van der Waals surface area (Å²) < 4.78 is 13.1. The molecular weight excluding hydrogens is 456 g/mol. The predicted molar refractivity (Wildman–Crippen MR) is 139 cm³/mol. The van der Waals surface area contributed by atoms with Crippen LogP contribution in [0.5, 0.6) is 5.75 Å². The van der Waals surface area contributed by atoms with Gasteiger partial charge in [0.2, 0.25) is 5.95 Å². The van der Waals surface area contributed by atoms with Crippen LogP contribution < -0.4 is 20.3 Å². The minimum Gasteiger partial charge on any atom is -0.495 e. The highest BCUT2D eigenvalue weighted by molar-refractivity contribution is 6.06. The molecule has 0 bridgehead atoms. The summed E-state index contributed by atoms with van der Waals surface area (Å²) in [5.74, 6) is 2.71. The summed E-state index contributed by atoms with van der Waals surface area (Å²) >= 11 is 0. The van der Waals surface area contributed by atoms with E-state index in [2.05, 4.69) is 10.6 Å². The largest absolute Gasteiger partial charge is 0.495 e. The Morgan fingerprint density at radius 3 is 2.50 bits per heavy atom. The van der Waals surface area contributed by atoms with Gasteiger partial charge in [0, 0.05) is 31.0 Å². The van der Waals surface area contributed by atoms with E-state index in [1.54, 1.807) is 23.9 Å². The molecule has 3 heterocycles. The lowest BCUT2D eigenvalue weighted by atomic mass is 10.00. The maximum atomic E-state index is 13.7. The first-order valence-electron chi connectivity index (χ1n) is 11.6. The Bertz CT molecular complexity index is 1450. The van der Waals surface area contributed by atoms with E-state index in [0.717, 1.165) is 17.0 Å². The number of ether oxygens (including phenoxy) is 1. The fourth-order valence-electron chi connectivity index (χ4n) is 4.28. The number of aromatic nitrogens is 3. The highest BCUT2D eigenvalue weighted by Crippen LogP contribution is 2.38. The Morgan fingerprint density at radius 1 is 1.08 bits per heavy atom. The van der Waals surface area contributed by atoms with Gasteiger partial charge in [0.25, 0.3) is 5.91 Å². The van der Waals surface area contributed by atoms with Gasteiger partial charge in [-0.3, -0.25) is 4.79 Å². The van der Waals surface area contributed by atoms with Crippen molar-refractivity contribution in [3.05, 3.63) is 83.5 Å². The second kappa shape index (κ2) is 9.26. The van der Waals surface area contributed by atoms with Gasteiger partial charge in [0.05, 0.1) is 18.4 Å². The monoisotopic (exact) mass is 484 g/mol. The van der Waals surface area contributed by atoms with Crippen LogP contribution in [0.4, 0.5) is 17.3 Å². The molecule has 36 heavy (non-hydrogen) atoms. The molecular formula is C27H28N6O3. The van der Waals surface area contributed by atoms with Crippen LogP contribution in [0.1, 0.15) is 24.5 Å². The minimum absolute atomic E-state index is 0.290. The molecule has 0 aliphatic carbocycles. The molecule has 0 saturated heterocycles. The maximum absolute atomic E-state index is 13.7. The number of nitrogens with zero attached hydrogens (tertiary/aromatic N) is 4. The van der Waals surface area contributed by atoms with Gasteiger partial charge in [-0.1, -0.05) is 12.1 Å². The van der Waals surface area contributed by atoms with E-state index in [1.165, 1.54) is 0 Å². The number of carbonyl (C=O) groups is 1. The van der Waals surface area contributed by atoms with Crippen LogP contribution in [0, 0.1) is 6.92 Å². The Balaban J connectivity index is 1.56. The first-order valence-corrected chi connectivity index (χ1v) is 11.6. The zero-order valence-corrected chi connectivity index (χ0v) is 20.9. The number of benzene rings is 2. The number of furan rings is 1. The highest BCUT2D eigenvalue weighted by Gasteiger charge is 2.36. The van der Waals surface area contributed by atoms with Gasteiger partial charge in [-0.05, 0) is 62.4 Å². The molecule has 2 aromatic heterocycles. The van der Waals surface area contributed by atoms with Crippen molar-refractivity contribution in [1.29, 1.82) is 0 Å². The number of amides is 1. The van der Waals surface area contributed by atoms with E-state index in [-0.39, 0.29) is 5.91 Å². The molecule has 0 radical (unpaired) electrons. The average Bonchev–Trinajstić information content (AvgIpc) is 3.49. The molecule has 4 aromatic rings. The fourth-order valence-corrected chi connectivity index (χ4v) is 4.28. The number of nitrogens with one attached hydrogen (secondary N) is 2. The molecule has 2 aromatic carbocycles. The molecule has 184 valence electrons. The summed E-state index contributed by atoms with van der Waals surface area (Å²) in [6, 6.07) is 18.4. The second-order valence-corrected chi connectivity index (χ2v) is 8.81. The Morgan fingerprint density at radius 2 is 1.83 bits per heavy atom. The summed E-state index contributed by atoms with van der Waals surface area (Å²) in [6.45, 7) is 3.72. The number of methoxy groups -OCH3 is 1. The summed E-state index contributed by atoms with van der Waals surface area (Å²) in [4.78, 5) is 20.4. The topological polar surface area (TPSA) is 97.5 Å². The van der Waals surface area contributed by atoms with E-state index in [0.29, 0.717) is 40.2 Å². The number of hydrogen-bond donors (Lipinski definition) is 2. The third kappa shape index (κ3) is 4.19. The Hall–Kier alpha value is -4.53. The molecule has 2 N–H and O–H groups in total. The van der Waals surface area contributed by atoms with E-state index in [4.69, 9.17) is 19.2 Å². The lowest BCUT2D eigenvalue weighted by Crippen LogP contribution is -2.31. The number of anilines is 3. The van der Waals surface area contributed by atoms with Crippen molar-refractivity contribution in [2.75, 3.05) is 36.7 Å². The summed E-state index contributed by atoms with van der Waals surface area (Å²) in [5, 5.41) is 11.0. The van der Waals surface area contributed by atoms with Gasteiger partial charge in [-0.2, -0.15) is 4.98 Å². The van der Waals surface area contributed by atoms with Crippen LogP contribution in [0.25, 0.3) is 11.4 Å². The van der Waals surface area contributed by atoms with Crippen LogP contribution in [-0.2, 0) is 4.79 Å². The molecule has 9 nitrogen and oxygen atoms in total. The number of aryl methyl sites for hydroxylation is 1. The summed E-state index contributed by atoms with van der Waals surface area (Å²) in [5.41, 5.74) is 3.66. The highest BCUT2D eigenvalue weighted by atomic mass is 16.5. The number of fused-ring (bicyclic) bond motifs is 1. The molecule has 1 atom stereocenters. The lowest BCUT2D eigenvalue weighted by Gasteiger charge is -2.27. The van der Waals surface area contributed by atoms with Gasteiger partial charge < -0.3 is 24.7 Å². The number of hydrogen-bond acceptors (Lipinski definition) is 7. The average molecular weight is 485 g/mol. The maximum Gasteiger partial charge on any atom is 0.256 e. The molecule has 0 spiro atoms. The molecule has 1 unspecified atom stereocenters. The van der Waals surface area contributed by atoms with Gasteiger partial charge in [-0.15, -0.1) is 5.10 Å². The Labute approximate surface area is 209 Å². The molecule has 1 amide bonds. The van der Waals surface area contributed by atoms with Crippen LogP contribution in [0.3, 0.4) is 0 Å². The standard InChI is InChI=1S/C27H28N6O3/c1-16-10-15-22(36-16)24-23(26(34)29-20-8-6-7-9-21(20)35-5)17(2)28-27-30-25(31-33(24)27)18-11-13-19(14-12-18)32(3)4/h6-15,24H,1-5H3,(H,29,34)(H,28,30,31). The molecule has 1 aliphatic heterocycles. The van der Waals surface area contributed by atoms with Crippen molar-refractivity contribution >= 4 is 23.2 Å². The van der Waals surface area contributed by atoms with E-state index < -0.39 is 6.04 Å². The zero-order chi connectivity index (χ0) is 25.4. The minimum atomic E-state index is -0.605. The number of carbonyl (C=O) groups excluding carboxylic acids is 1. The van der Waals surface area contributed by atoms with Crippen LogP contribution in [-0.4, -0.2) is 41.9 Å². The van der Waals surface area contributed by atoms with Crippen molar-refractivity contribution in [3.63, 3.8) is 0 Å². The van der Waals surface area contributed by atoms with Crippen molar-refractivity contribution < 1.29 is 13.9 Å². The van der Waals surface area contributed by atoms with Crippen molar-refractivity contribution in [3.8, 4) is 17.1 Å². The predicted octanol–water partition coefficient (Wildman–Crippen LogP) is 4.85. The molecule has 9 heteroatoms. The van der Waals surface area contributed by atoms with E-state index in [9.17, 15) is 4.79 Å². The van der Waals surface area contributed by atoms with E-state index in [1.807, 2.05) is 81.4 Å². The second-order valence-electron chi connectivity index (χ2n) is 8.81. The van der Waals surface area contributed by atoms with Gasteiger partial charge in [-0.25, -0.2) is 4.68 Å². The van der Waals surface area contributed by atoms with E-state index >= 15 is 0 Å². The van der Waals surface area contributed by atoms with Gasteiger partial charge in [0.15, 0.2) is 5.82 Å². The third-order valence-electron chi connectivity index (χ3n) is 6.12. The number of allylic oxidation sites excluding steroid dienone is 1. The fraction of sp³-hybridized carbons (Fsp3) is 0.222. The summed E-state index contributed by atoms with van der Waals surface area (Å²) in [6.07, 6.45) is 0. The van der Waals surface area contributed by atoms with Crippen molar-refractivity contribution in [1.82, 2.24) is 14.8 Å². The number of rotatable bonds is 6. The molecule has 0 saturated carbocycles. The molecule has 0 fully saturated rings. The number of para-hydroxylation sites is 2. The van der Waals surface area contributed by atoms with Crippen molar-refractivity contribution in [2.45, 2.75) is 19.9 Å². The van der Waals surface area contributed by atoms with Crippen LogP contribution >= 0.6 is 0 Å². The normalized spacial score (nSPS) is 14.8. The van der Waals surface area contributed by atoms with Gasteiger partial charge in [0.1, 0.15) is 23.3 Å². The zero-order valence-electron chi connectivity index (χ0n) is 20.9. The summed E-state index contributed by atoms with van der Waals surface area (Å²) in [7, 11) is 5.56. The van der Waals surface area contributed by atoms with Crippen LogP contribution in [0.2, 0.25) is 0 Å². The smallest absolute Gasteiger partial charge is 0.256 e. The van der Waals surface area contributed by atoms with Gasteiger partial charge >= 0.3 is 0 Å². The third-order valence-corrected chi connectivity index (χ3v) is 6.12.